The van der Waals surface area contributed by atoms with Gasteiger partial charge in [-0.15, -0.1) is 0 Å². The van der Waals surface area contributed by atoms with Crippen LogP contribution in [0.4, 0.5) is 0 Å². The average molecular weight is 320 g/mol. The van der Waals surface area contributed by atoms with Crippen LogP contribution >= 0.6 is 23.4 Å². The van der Waals surface area contributed by atoms with Gasteiger partial charge in [-0.25, -0.2) is 0 Å². The van der Waals surface area contributed by atoms with Crippen LogP contribution in [0.25, 0.3) is 0 Å². The molecule has 2 unspecified atom stereocenters. The summed E-state index contributed by atoms with van der Waals surface area (Å²) >= 11 is 7.43. The SMILES string of the molecule is CSCC(C)(O)CNCC(O)COc1cccc(Cl)c1. The Morgan fingerprint density at radius 1 is 1.50 bits per heavy atom. The van der Waals surface area contributed by atoms with Gasteiger partial charge in [-0.1, -0.05) is 17.7 Å². The molecule has 0 aromatic heterocycles. The van der Waals surface area contributed by atoms with Gasteiger partial charge in [-0.05, 0) is 31.4 Å². The maximum Gasteiger partial charge on any atom is 0.120 e. The molecule has 0 aliphatic heterocycles. The summed E-state index contributed by atoms with van der Waals surface area (Å²) < 4.78 is 5.44. The zero-order chi connectivity index (χ0) is 15.0. The fraction of sp³-hybridized carbons (Fsp3) is 0.571. The van der Waals surface area contributed by atoms with Crippen LogP contribution in [0.2, 0.25) is 5.02 Å². The number of aliphatic hydroxyl groups excluding tert-OH is 1. The van der Waals surface area contributed by atoms with Crippen molar-refractivity contribution < 1.29 is 14.9 Å². The molecule has 114 valence electrons. The summed E-state index contributed by atoms with van der Waals surface area (Å²) in [5, 5.41) is 23.4. The van der Waals surface area contributed by atoms with E-state index in [1.165, 1.54) is 0 Å². The van der Waals surface area contributed by atoms with Crippen LogP contribution in [0.1, 0.15) is 6.92 Å². The molecule has 4 nitrogen and oxygen atoms in total. The van der Waals surface area contributed by atoms with Gasteiger partial charge in [-0.2, -0.15) is 11.8 Å². The van der Waals surface area contributed by atoms with Crippen LogP contribution in [-0.4, -0.2) is 53.6 Å². The molecule has 0 radical (unpaired) electrons. The minimum absolute atomic E-state index is 0.179. The molecule has 6 heteroatoms. The zero-order valence-corrected chi connectivity index (χ0v) is 13.4. The second-order valence-electron chi connectivity index (χ2n) is 4.98. The van der Waals surface area contributed by atoms with E-state index in [2.05, 4.69) is 5.32 Å². The standard InChI is InChI=1S/C14H22ClNO3S/c1-14(18,10-20-2)9-16-7-12(17)8-19-13-5-3-4-11(15)6-13/h3-6,12,16-18H,7-10H2,1-2H3. The highest BCUT2D eigenvalue weighted by atomic mass is 35.5. The molecule has 0 spiro atoms. The van der Waals surface area contributed by atoms with E-state index < -0.39 is 11.7 Å². The highest BCUT2D eigenvalue weighted by Crippen LogP contribution is 2.17. The zero-order valence-electron chi connectivity index (χ0n) is 11.8. The van der Waals surface area contributed by atoms with Gasteiger partial charge in [0.1, 0.15) is 18.5 Å². The molecule has 1 aromatic carbocycles. The van der Waals surface area contributed by atoms with Crippen LogP contribution in [0.5, 0.6) is 5.75 Å². The Kier molecular flexibility index (Phi) is 7.69. The van der Waals surface area contributed by atoms with E-state index >= 15 is 0 Å². The lowest BCUT2D eigenvalue weighted by Gasteiger charge is -2.23. The Morgan fingerprint density at radius 2 is 2.25 bits per heavy atom. The molecule has 0 fully saturated rings. The van der Waals surface area contributed by atoms with Gasteiger partial charge < -0.3 is 20.3 Å². The third kappa shape index (κ3) is 7.36. The summed E-state index contributed by atoms with van der Waals surface area (Å²) in [5.41, 5.74) is -0.771. The highest BCUT2D eigenvalue weighted by molar-refractivity contribution is 7.98. The van der Waals surface area contributed by atoms with Crippen molar-refractivity contribution >= 4 is 23.4 Å². The van der Waals surface area contributed by atoms with Crippen molar-refractivity contribution in [3.8, 4) is 5.75 Å². The molecule has 0 aliphatic rings. The Balaban J connectivity index is 2.22. The number of hydrogen-bond acceptors (Lipinski definition) is 5. The molecular weight excluding hydrogens is 298 g/mol. The van der Waals surface area contributed by atoms with Crippen LogP contribution in [0.15, 0.2) is 24.3 Å². The molecule has 3 N–H and O–H groups in total. The Bertz CT molecular complexity index is 404. The molecule has 20 heavy (non-hydrogen) atoms. The first-order valence-electron chi connectivity index (χ1n) is 6.41. The van der Waals surface area contributed by atoms with Crippen LogP contribution in [0.3, 0.4) is 0 Å². The number of rotatable bonds is 9. The van der Waals surface area contributed by atoms with Gasteiger partial charge in [0.2, 0.25) is 0 Å². The number of halogens is 1. The van der Waals surface area contributed by atoms with E-state index in [4.69, 9.17) is 16.3 Å². The van der Waals surface area contributed by atoms with Crippen molar-refractivity contribution in [3.63, 3.8) is 0 Å². The largest absolute Gasteiger partial charge is 0.491 e. The smallest absolute Gasteiger partial charge is 0.120 e. The minimum atomic E-state index is -0.771. The topological polar surface area (TPSA) is 61.7 Å². The van der Waals surface area contributed by atoms with E-state index in [0.29, 0.717) is 29.6 Å². The molecule has 0 saturated heterocycles. The van der Waals surface area contributed by atoms with Crippen molar-refractivity contribution in [1.29, 1.82) is 0 Å². The van der Waals surface area contributed by atoms with Gasteiger partial charge in [0.15, 0.2) is 0 Å². The lowest BCUT2D eigenvalue weighted by Crippen LogP contribution is -2.43. The van der Waals surface area contributed by atoms with E-state index in [-0.39, 0.29) is 6.61 Å². The molecular formula is C14H22ClNO3S. The fourth-order valence-electron chi connectivity index (χ4n) is 1.68. The van der Waals surface area contributed by atoms with E-state index in [9.17, 15) is 10.2 Å². The van der Waals surface area contributed by atoms with Crippen LogP contribution in [0, 0.1) is 0 Å². The van der Waals surface area contributed by atoms with E-state index in [1.54, 1.807) is 43.0 Å². The molecule has 0 amide bonds. The maximum absolute atomic E-state index is 9.95. The molecule has 0 saturated carbocycles. The predicted molar refractivity (Wildman–Crippen MR) is 84.8 cm³/mol. The second kappa shape index (κ2) is 8.74. The number of nitrogens with one attached hydrogen (secondary N) is 1. The van der Waals surface area contributed by atoms with Gasteiger partial charge in [0.05, 0.1) is 5.60 Å². The first-order chi connectivity index (χ1) is 9.43. The number of benzene rings is 1. The first kappa shape index (κ1) is 17.6. The third-order valence-electron chi connectivity index (χ3n) is 2.58. The van der Waals surface area contributed by atoms with Gasteiger partial charge >= 0.3 is 0 Å². The highest BCUT2D eigenvalue weighted by Gasteiger charge is 2.19. The second-order valence-corrected chi connectivity index (χ2v) is 6.29. The average Bonchev–Trinajstić information content (AvgIpc) is 2.36. The summed E-state index contributed by atoms with van der Waals surface area (Å²) in [5.74, 6) is 1.28. The van der Waals surface area contributed by atoms with Crippen molar-refractivity contribution in [1.82, 2.24) is 5.32 Å². The minimum Gasteiger partial charge on any atom is -0.491 e. The lowest BCUT2D eigenvalue weighted by atomic mass is 10.1. The Labute approximate surface area is 129 Å². The predicted octanol–water partition coefficient (Wildman–Crippen LogP) is 1.78. The number of aliphatic hydroxyl groups is 2. The molecule has 0 aliphatic carbocycles. The third-order valence-corrected chi connectivity index (χ3v) is 3.73. The summed E-state index contributed by atoms with van der Waals surface area (Å²) in [6.45, 7) is 2.75. The van der Waals surface area contributed by atoms with Gasteiger partial charge in [-0.3, -0.25) is 0 Å². The van der Waals surface area contributed by atoms with Crippen molar-refractivity contribution in [3.05, 3.63) is 29.3 Å². The molecule has 2 atom stereocenters. The molecule has 0 heterocycles. The van der Waals surface area contributed by atoms with Crippen molar-refractivity contribution in [2.24, 2.45) is 0 Å². The van der Waals surface area contributed by atoms with Gasteiger partial charge in [0, 0.05) is 23.9 Å². The van der Waals surface area contributed by atoms with Gasteiger partial charge in [0.25, 0.3) is 0 Å². The quantitative estimate of drug-likeness (QED) is 0.648. The summed E-state index contributed by atoms with van der Waals surface area (Å²) in [6, 6.07) is 7.04. The summed E-state index contributed by atoms with van der Waals surface area (Å²) in [7, 11) is 0. The maximum atomic E-state index is 9.95. The summed E-state index contributed by atoms with van der Waals surface area (Å²) in [4.78, 5) is 0. The number of thioether (sulfide) groups is 1. The number of hydrogen-bond donors (Lipinski definition) is 3. The Morgan fingerprint density at radius 3 is 2.90 bits per heavy atom. The normalized spacial score (nSPS) is 15.7. The molecule has 1 aromatic rings. The Hall–Kier alpha value is -0.460. The van der Waals surface area contributed by atoms with Crippen LogP contribution < -0.4 is 10.1 Å². The molecule has 1 rings (SSSR count). The van der Waals surface area contributed by atoms with Crippen LogP contribution in [-0.2, 0) is 0 Å². The van der Waals surface area contributed by atoms with Crippen molar-refractivity contribution in [2.75, 3.05) is 31.7 Å². The van der Waals surface area contributed by atoms with Crippen molar-refractivity contribution in [2.45, 2.75) is 18.6 Å². The fourth-order valence-corrected chi connectivity index (χ4v) is 2.58. The first-order valence-corrected chi connectivity index (χ1v) is 8.18. The van der Waals surface area contributed by atoms with E-state index in [0.717, 1.165) is 0 Å². The lowest BCUT2D eigenvalue weighted by molar-refractivity contribution is 0.0701. The monoisotopic (exact) mass is 319 g/mol. The number of ether oxygens (including phenoxy) is 1. The molecule has 0 bridgehead atoms. The summed E-state index contributed by atoms with van der Waals surface area (Å²) in [6.07, 6.45) is 1.31. The van der Waals surface area contributed by atoms with E-state index in [1.807, 2.05) is 6.26 Å².